The molecule has 0 radical (unpaired) electrons. The molecule has 0 saturated carbocycles. The molecule has 0 atom stereocenters. The van der Waals surface area contributed by atoms with Crippen LogP contribution in [0.1, 0.15) is 21.6 Å². The molecule has 132 valence electrons. The van der Waals surface area contributed by atoms with Crippen LogP contribution in [0, 0.1) is 6.92 Å². The van der Waals surface area contributed by atoms with E-state index in [0.717, 1.165) is 16.9 Å². The van der Waals surface area contributed by atoms with Crippen LogP contribution in [0.3, 0.4) is 0 Å². The summed E-state index contributed by atoms with van der Waals surface area (Å²) in [5, 5.41) is 4.29. The highest BCUT2D eigenvalue weighted by Crippen LogP contribution is 2.24. The van der Waals surface area contributed by atoms with Crippen molar-refractivity contribution in [1.29, 1.82) is 0 Å². The first-order valence-corrected chi connectivity index (χ1v) is 9.51. The monoisotopic (exact) mass is 402 g/mol. The summed E-state index contributed by atoms with van der Waals surface area (Å²) in [6, 6.07) is 13.6. The maximum absolute atomic E-state index is 12.1. The highest BCUT2D eigenvalue weighted by Gasteiger charge is 2.06. The van der Waals surface area contributed by atoms with Crippen LogP contribution in [0.4, 0.5) is 5.13 Å². The smallest absolute Gasteiger partial charge is 0.250 e. The number of rotatable bonds is 5. The average molecular weight is 403 g/mol. The van der Waals surface area contributed by atoms with Crippen molar-refractivity contribution in [2.75, 3.05) is 5.32 Å². The topological polar surface area (TPSA) is 42.0 Å². The zero-order valence-corrected chi connectivity index (χ0v) is 16.3. The summed E-state index contributed by atoms with van der Waals surface area (Å²) in [6.07, 6.45) is 5.72. The van der Waals surface area contributed by atoms with Crippen LogP contribution < -0.4 is 5.32 Å². The average Bonchev–Trinajstić information content (AvgIpc) is 3.05. The van der Waals surface area contributed by atoms with Crippen molar-refractivity contribution in [2.45, 2.75) is 13.3 Å². The van der Waals surface area contributed by atoms with E-state index < -0.39 is 0 Å². The lowest BCUT2D eigenvalue weighted by Crippen LogP contribution is -2.07. The summed E-state index contributed by atoms with van der Waals surface area (Å²) in [7, 11) is 0. The Morgan fingerprint density at radius 3 is 2.65 bits per heavy atom. The predicted octanol–water partition coefficient (Wildman–Crippen LogP) is 6.00. The van der Waals surface area contributed by atoms with Gasteiger partial charge >= 0.3 is 0 Å². The minimum atomic E-state index is -0.243. The Kier molecular flexibility index (Phi) is 6.09. The van der Waals surface area contributed by atoms with E-state index in [1.165, 1.54) is 28.5 Å². The Hall–Kier alpha value is -2.14. The van der Waals surface area contributed by atoms with Crippen LogP contribution in [0.25, 0.3) is 6.08 Å². The molecule has 0 spiro atoms. The van der Waals surface area contributed by atoms with E-state index in [9.17, 15) is 4.79 Å². The number of hydrogen-bond donors (Lipinski definition) is 1. The number of carbonyl (C=O) groups excluding carboxylic acids is 1. The molecule has 2 aromatic carbocycles. The molecule has 1 amide bonds. The van der Waals surface area contributed by atoms with Crippen molar-refractivity contribution < 1.29 is 4.79 Å². The van der Waals surface area contributed by atoms with E-state index in [-0.39, 0.29) is 5.91 Å². The molecule has 0 aliphatic rings. The maximum Gasteiger partial charge on any atom is 0.250 e. The first kappa shape index (κ1) is 18.6. The number of thiazole rings is 1. The van der Waals surface area contributed by atoms with Gasteiger partial charge in [0.15, 0.2) is 5.13 Å². The van der Waals surface area contributed by atoms with Crippen molar-refractivity contribution >= 4 is 51.7 Å². The number of amides is 1. The zero-order valence-electron chi connectivity index (χ0n) is 14.0. The summed E-state index contributed by atoms with van der Waals surface area (Å²) < 4.78 is 0. The number of halogens is 2. The molecule has 0 bridgehead atoms. The largest absolute Gasteiger partial charge is 0.298 e. The van der Waals surface area contributed by atoms with Crippen LogP contribution in [0.2, 0.25) is 10.0 Å². The second-order valence-electron chi connectivity index (χ2n) is 5.79. The molecule has 1 aromatic heterocycles. The lowest BCUT2D eigenvalue weighted by Gasteiger charge is -1.99. The molecule has 1 heterocycles. The number of hydrogen-bond acceptors (Lipinski definition) is 3. The Bertz CT molecular complexity index is 949. The number of nitrogens with one attached hydrogen (secondary N) is 1. The fourth-order valence-electron chi connectivity index (χ4n) is 2.29. The molecular formula is C20H16Cl2N2OS. The summed E-state index contributed by atoms with van der Waals surface area (Å²) in [5.74, 6) is -0.243. The maximum atomic E-state index is 12.1. The molecule has 0 unspecified atom stereocenters. The van der Waals surface area contributed by atoms with E-state index >= 15 is 0 Å². The highest BCUT2D eigenvalue weighted by atomic mass is 35.5. The van der Waals surface area contributed by atoms with E-state index in [2.05, 4.69) is 41.5 Å². The molecule has 0 aliphatic carbocycles. The molecule has 0 fully saturated rings. The van der Waals surface area contributed by atoms with E-state index in [4.69, 9.17) is 23.2 Å². The number of aromatic nitrogens is 1. The minimum Gasteiger partial charge on any atom is -0.298 e. The van der Waals surface area contributed by atoms with Crippen LogP contribution in [-0.2, 0) is 11.2 Å². The molecule has 26 heavy (non-hydrogen) atoms. The van der Waals surface area contributed by atoms with Crippen molar-refractivity contribution in [3.05, 3.63) is 86.4 Å². The van der Waals surface area contributed by atoms with Gasteiger partial charge < -0.3 is 0 Å². The second-order valence-corrected chi connectivity index (χ2v) is 7.72. The number of nitrogens with zero attached hydrogens (tertiary/aromatic N) is 1. The quantitative estimate of drug-likeness (QED) is 0.531. The molecular weight excluding hydrogens is 387 g/mol. The standard InChI is InChI=1S/C20H16Cl2N2OS/c1-13-2-4-14(5-3-13)10-16-12-23-20(26-16)24-19(25)9-7-15-6-8-17(21)18(22)11-15/h2-9,11-12H,10H2,1H3,(H,23,24,25). The van der Waals surface area contributed by atoms with Crippen molar-refractivity contribution in [2.24, 2.45) is 0 Å². The van der Waals surface area contributed by atoms with Gasteiger partial charge in [0, 0.05) is 23.6 Å². The highest BCUT2D eigenvalue weighted by molar-refractivity contribution is 7.15. The van der Waals surface area contributed by atoms with Crippen LogP contribution >= 0.6 is 34.5 Å². The van der Waals surface area contributed by atoms with Gasteiger partial charge in [-0.25, -0.2) is 4.98 Å². The number of anilines is 1. The van der Waals surface area contributed by atoms with Gasteiger partial charge in [-0.1, -0.05) is 59.1 Å². The molecule has 1 N–H and O–H groups in total. The van der Waals surface area contributed by atoms with Gasteiger partial charge in [0.25, 0.3) is 0 Å². The van der Waals surface area contributed by atoms with E-state index in [0.29, 0.717) is 15.2 Å². The molecule has 6 heteroatoms. The normalized spacial score (nSPS) is 11.0. The lowest BCUT2D eigenvalue weighted by molar-refractivity contribution is -0.111. The first-order chi connectivity index (χ1) is 12.5. The molecule has 3 rings (SSSR count). The van der Waals surface area contributed by atoms with Gasteiger partial charge in [-0.3, -0.25) is 10.1 Å². The van der Waals surface area contributed by atoms with Crippen molar-refractivity contribution in [3.8, 4) is 0 Å². The third kappa shape index (κ3) is 5.18. The predicted molar refractivity (Wildman–Crippen MR) is 110 cm³/mol. The van der Waals surface area contributed by atoms with Crippen LogP contribution in [0.5, 0.6) is 0 Å². The summed E-state index contributed by atoms with van der Waals surface area (Å²) in [4.78, 5) is 17.4. The van der Waals surface area contributed by atoms with Gasteiger partial charge in [0.05, 0.1) is 10.0 Å². The first-order valence-electron chi connectivity index (χ1n) is 7.94. The summed E-state index contributed by atoms with van der Waals surface area (Å²) >= 11 is 13.3. The number of carbonyl (C=O) groups is 1. The summed E-state index contributed by atoms with van der Waals surface area (Å²) in [6.45, 7) is 2.07. The van der Waals surface area contributed by atoms with Gasteiger partial charge in [0.2, 0.25) is 5.91 Å². The van der Waals surface area contributed by atoms with Crippen LogP contribution in [-0.4, -0.2) is 10.9 Å². The van der Waals surface area contributed by atoms with Crippen LogP contribution in [0.15, 0.2) is 54.7 Å². The molecule has 0 saturated heterocycles. The fraction of sp³-hybridized carbons (Fsp3) is 0.100. The SMILES string of the molecule is Cc1ccc(Cc2cnc(NC(=O)C=Cc3ccc(Cl)c(Cl)c3)s2)cc1. The Morgan fingerprint density at radius 1 is 1.15 bits per heavy atom. The minimum absolute atomic E-state index is 0.243. The van der Waals surface area contributed by atoms with Crippen molar-refractivity contribution in [1.82, 2.24) is 4.98 Å². The van der Waals surface area contributed by atoms with Gasteiger partial charge in [0.1, 0.15) is 0 Å². The van der Waals surface area contributed by atoms with Gasteiger partial charge in [-0.15, -0.1) is 11.3 Å². The van der Waals surface area contributed by atoms with E-state index in [1.54, 1.807) is 30.5 Å². The Labute approximate surface area is 166 Å². The van der Waals surface area contributed by atoms with Crippen molar-refractivity contribution in [3.63, 3.8) is 0 Å². The Balaban J connectivity index is 1.59. The molecule has 0 aliphatic heterocycles. The van der Waals surface area contributed by atoms with E-state index in [1.807, 2.05) is 0 Å². The van der Waals surface area contributed by atoms with Gasteiger partial charge in [-0.2, -0.15) is 0 Å². The third-order valence-corrected chi connectivity index (χ3v) is 5.31. The van der Waals surface area contributed by atoms with Gasteiger partial charge in [-0.05, 0) is 36.3 Å². The Morgan fingerprint density at radius 2 is 1.92 bits per heavy atom. The third-order valence-electron chi connectivity index (χ3n) is 3.65. The fourth-order valence-corrected chi connectivity index (χ4v) is 3.45. The number of benzene rings is 2. The molecule has 3 aromatic rings. The summed E-state index contributed by atoms with van der Waals surface area (Å²) in [5.41, 5.74) is 3.25. The zero-order chi connectivity index (χ0) is 18.5. The molecule has 3 nitrogen and oxygen atoms in total. The number of aryl methyl sites for hydroxylation is 1. The second kappa shape index (κ2) is 8.49. The lowest BCUT2D eigenvalue weighted by atomic mass is 10.1.